The standard InChI is InChI=1S/C17H21N5O/c1-11-8-20-21-15(11)14-4-2-3-7-22(14)17(23)13-9-18-16(19-10-13)12-5-6-12/h8-10,12,14H,2-7H2,1H3,(H,20,21). The van der Waals surface area contributed by atoms with Crippen molar-refractivity contribution in [2.24, 2.45) is 0 Å². The van der Waals surface area contributed by atoms with Crippen LogP contribution >= 0.6 is 0 Å². The fourth-order valence-electron chi connectivity index (χ4n) is 3.34. The molecule has 1 N–H and O–H groups in total. The second-order valence-corrected chi connectivity index (χ2v) is 6.58. The van der Waals surface area contributed by atoms with E-state index in [1.165, 1.54) is 12.8 Å². The summed E-state index contributed by atoms with van der Waals surface area (Å²) in [5.74, 6) is 1.40. The van der Waals surface area contributed by atoms with Crippen LogP contribution in [0.1, 0.15) is 71.5 Å². The molecule has 3 heterocycles. The Labute approximate surface area is 135 Å². The third-order valence-electron chi connectivity index (χ3n) is 4.83. The Bertz CT molecular complexity index is 704. The number of aromatic nitrogens is 4. The number of hydrogen-bond acceptors (Lipinski definition) is 4. The molecule has 0 aromatic carbocycles. The SMILES string of the molecule is Cc1cn[nH]c1C1CCCCN1C(=O)c1cnc(C2CC2)nc1. The van der Waals surface area contributed by atoms with Crippen LogP contribution in [-0.2, 0) is 0 Å². The molecular formula is C17H21N5O. The topological polar surface area (TPSA) is 74.8 Å². The van der Waals surface area contributed by atoms with Crippen molar-refractivity contribution in [1.82, 2.24) is 25.1 Å². The minimum absolute atomic E-state index is 0.0195. The van der Waals surface area contributed by atoms with E-state index in [1.807, 2.05) is 18.0 Å². The molecule has 2 aromatic heterocycles. The molecule has 1 aliphatic carbocycles. The number of aromatic amines is 1. The van der Waals surface area contributed by atoms with E-state index in [9.17, 15) is 4.79 Å². The quantitative estimate of drug-likeness (QED) is 0.945. The Morgan fingerprint density at radius 3 is 2.61 bits per heavy atom. The van der Waals surface area contributed by atoms with Gasteiger partial charge in [0.25, 0.3) is 5.91 Å². The summed E-state index contributed by atoms with van der Waals surface area (Å²) >= 11 is 0. The number of nitrogens with one attached hydrogen (secondary N) is 1. The maximum Gasteiger partial charge on any atom is 0.257 e. The summed E-state index contributed by atoms with van der Waals surface area (Å²) in [6.45, 7) is 2.80. The highest BCUT2D eigenvalue weighted by atomic mass is 16.2. The van der Waals surface area contributed by atoms with E-state index in [2.05, 4.69) is 20.2 Å². The zero-order valence-electron chi connectivity index (χ0n) is 13.3. The number of likely N-dealkylation sites (tertiary alicyclic amines) is 1. The Morgan fingerprint density at radius 2 is 1.96 bits per heavy atom. The van der Waals surface area contributed by atoms with Gasteiger partial charge in [-0.05, 0) is 44.6 Å². The molecule has 0 radical (unpaired) electrons. The number of aryl methyl sites for hydroxylation is 1. The molecular weight excluding hydrogens is 290 g/mol. The molecule has 1 unspecified atom stereocenters. The molecule has 1 saturated heterocycles. The molecule has 4 rings (SSSR count). The highest BCUT2D eigenvalue weighted by molar-refractivity contribution is 5.94. The molecule has 1 atom stereocenters. The fraction of sp³-hybridized carbons (Fsp3) is 0.529. The average Bonchev–Trinajstić information content (AvgIpc) is 3.36. The van der Waals surface area contributed by atoms with E-state index in [0.717, 1.165) is 42.9 Å². The Morgan fingerprint density at radius 1 is 1.17 bits per heavy atom. The zero-order chi connectivity index (χ0) is 15.8. The summed E-state index contributed by atoms with van der Waals surface area (Å²) in [6, 6.07) is 0.0712. The molecule has 2 aliphatic rings. The highest BCUT2D eigenvalue weighted by Crippen LogP contribution is 2.38. The number of hydrogen-bond donors (Lipinski definition) is 1. The number of piperidine rings is 1. The molecule has 0 spiro atoms. The van der Waals surface area contributed by atoms with Gasteiger partial charge in [-0.1, -0.05) is 0 Å². The summed E-state index contributed by atoms with van der Waals surface area (Å²) in [5.41, 5.74) is 2.74. The maximum absolute atomic E-state index is 12.9. The van der Waals surface area contributed by atoms with Crippen molar-refractivity contribution in [3.63, 3.8) is 0 Å². The van der Waals surface area contributed by atoms with Crippen LogP contribution in [0.5, 0.6) is 0 Å². The summed E-state index contributed by atoms with van der Waals surface area (Å²) in [7, 11) is 0. The number of rotatable bonds is 3. The van der Waals surface area contributed by atoms with Crippen molar-refractivity contribution in [2.45, 2.75) is 51.0 Å². The summed E-state index contributed by atoms with van der Waals surface area (Å²) in [4.78, 5) is 23.6. The molecule has 1 aliphatic heterocycles. The van der Waals surface area contributed by atoms with Gasteiger partial charge in [-0.25, -0.2) is 9.97 Å². The lowest BCUT2D eigenvalue weighted by Gasteiger charge is -2.35. The van der Waals surface area contributed by atoms with Gasteiger partial charge in [-0.15, -0.1) is 0 Å². The van der Waals surface area contributed by atoms with Crippen LogP contribution in [0.15, 0.2) is 18.6 Å². The van der Waals surface area contributed by atoms with E-state index in [-0.39, 0.29) is 11.9 Å². The lowest BCUT2D eigenvalue weighted by atomic mass is 9.97. The molecule has 0 bridgehead atoms. The van der Waals surface area contributed by atoms with E-state index in [4.69, 9.17) is 0 Å². The molecule has 2 aromatic rings. The van der Waals surface area contributed by atoms with E-state index in [1.54, 1.807) is 12.4 Å². The van der Waals surface area contributed by atoms with Gasteiger partial charge in [-0.2, -0.15) is 5.10 Å². The molecule has 2 fully saturated rings. The van der Waals surface area contributed by atoms with Crippen molar-refractivity contribution >= 4 is 5.91 Å². The van der Waals surface area contributed by atoms with Gasteiger partial charge in [0.2, 0.25) is 0 Å². The fourth-order valence-corrected chi connectivity index (χ4v) is 3.34. The number of carbonyl (C=O) groups excluding carboxylic acids is 1. The molecule has 120 valence electrons. The summed E-state index contributed by atoms with van der Waals surface area (Å²) in [6.07, 6.45) is 10.7. The van der Waals surface area contributed by atoms with Gasteiger partial charge in [0, 0.05) is 24.9 Å². The number of carbonyl (C=O) groups is 1. The Hall–Kier alpha value is -2.24. The minimum Gasteiger partial charge on any atom is -0.330 e. The number of amides is 1. The van der Waals surface area contributed by atoms with E-state index < -0.39 is 0 Å². The molecule has 1 amide bonds. The lowest BCUT2D eigenvalue weighted by Crippen LogP contribution is -2.39. The summed E-state index contributed by atoms with van der Waals surface area (Å²) in [5, 5.41) is 7.18. The predicted molar refractivity (Wildman–Crippen MR) is 85.0 cm³/mol. The van der Waals surface area contributed by atoms with E-state index in [0.29, 0.717) is 11.5 Å². The van der Waals surface area contributed by atoms with Gasteiger partial charge in [-0.3, -0.25) is 9.89 Å². The zero-order valence-corrected chi connectivity index (χ0v) is 13.3. The van der Waals surface area contributed by atoms with Crippen molar-refractivity contribution in [3.8, 4) is 0 Å². The first-order chi connectivity index (χ1) is 11.2. The van der Waals surface area contributed by atoms with Gasteiger partial charge < -0.3 is 4.90 Å². The van der Waals surface area contributed by atoms with Gasteiger partial charge in [0.05, 0.1) is 23.5 Å². The Kier molecular flexibility index (Phi) is 3.59. The minimum atomic E-state index is 0.0195. The molecule has 6 heteroatoms. The van der Waals surface area contributed by atoms with Crippen LogP contribution in [0.2, 0.25) is 0 Å². The smallest absolute Gasteiger partial charge is 0.257 e. The molecule has 23 heavy (non-hydrogen) atoms. The van der Waals surface area contributed by atoms with Gasteiger partial charge in [0.1, 0.15) is 5.82 Å². The second-order valence-electron chi connectivity index (χ2n) is 6.58. The average molecular weight is 311 g/mol. The molecule has 6 nitrogen and oxygen atoms in total. The first kappa shape index (κ1) is 14.4. The monoisotopic (exact) mass is 311 g/mol. The number of nitrogens with zero attached hydrogens (tertiary/aromatic N) is 4. The van der Waals surface area contributed by atoms with Crippen LogP contribution in [0.25, 0.3) is 0 Å². The second kappa shape index (κ2) is 5.76. The first-order valence-corrected chi connectivity index (χ1v) is 8.37. The van der Waals surface area contributed by atoms with Crippen LogP contribution in [0, 0.1) is 6.92 Å². The van der Waals surface area contributed by atoms with Crippen LogP contribution in [0.3, 0.4) is 0 Å². The van der Waals surface area contributed by atoms with Crippen LogP contribution < -0.4 is 0 Å². The third-order valence-corrected chi connectivity index (χ3v) is 4.83. The largest absolute Gasteiger partial charge is 0.330 e. The summed E-state index contributed by atoms with van der Waals surface area (Å²) < 4.78 is 0. The van der Waals surface area contributed by atoms with Gasteiger partial charge >= 0.3 is 0 Å². The first-order valence-electron chi connectivity index (χ1n) is 8.37. The lowest BCUT2D eigenvalue weighted by molar-refractivity contribution is 0.0604. The van der Waals surface area contributed by atoms with E-state index >= 15 is 0 Å². The molecule has 1 saturated carbocycles. The van der Waals surface area contributed by atoms with Crippen molar-refractivity contribution in [3.05, 3.63) is 41.2 Å². The maximum atomic E-state index is 12.9. The number of H-pyrrole nitrogens is 1. The highest BCUT2D eigenvalue weighted by Gasteiger charge is 2.31. The van der Waals surface area contributed by atoms with Crippen LogP contribution in [0.4, 0.5) is 0 Å². The van der Waals surface area contributed by atoms with Crippen molar-refractivity contribution in [1.29, 1.82) is 0 Å². The normalized spacial score (nSPS) is 21.4. The Balaban J connectivity index is 1.58. The van der Waals surface area contributed by atoms with Crippen LogP contribution in [-0.4, -0.2) is 37.5 Å². The van der Waals surface area contributed by atoms with Crippen molar-refractivity contribution in [2.75, 3.05) is 6.54 Å². The predicted octanol–water partition coefficient (Wildman–Crippen LogP) is 2.75. The van der Waals surface area contributed by atoms with Gasteiger partial charge in [0.15, 0.2) is 0 Å². The van der Waals surface area contributed by atoms with Crippen molar-refractivity contribution < 1.29 is 4.79 Å². The third kappa shape index (κ3) is 2.73.